The van der Waals surface area contributed by atoms with E-state index in [4.69, 9.17) is 42.6 Å². The molecule has 4 aliphatic rings. The zero-order valence-corrected chi connectivity index (χ0v) is 49.2. The number of nitrogens with zero attached hydrogens (tertiary/aromatic N) is 3. The molecule has 21 nitrogen and oxygen atoms in total. The van der Waals surface area contributed by atoms with E-state index in [9.17, 15) is 39.3 Å². The maximum Gasteiger partial charge on any atom is 0.509 e. The molecule has 0 aliphatic carbocycles. The SMILES string of the molecule is CC[C@@H]1OC(=O)[C@H](C)[C@@H](O[C@H]2C[C@@](C)(OC)[C@@H](OC(=O)CCNCCSc3ccc4c(c3)c(=O)c(C(=O)O)cn4CC)[C@H](C)O2)[C@@H](C)[C@@H](O[C@@H]2O[C@H](C)C[C@H](N(C)C)[C@H]2O)[C@](C)(O)C[C@H](C)CN(C)[C@H](C)[C@H]2OC(=O)O[C@@]12C. The summed E-state index contributed by atoms with van der Waals surface area (Å²) >= 11 is 1.49. The number of nitrogens with one attached hydrogen (secondary N) is 1. The van der Waals surface area contributed by atoms with E-state index in [1.54, 1.807) is 45.3 Å². The molecule has 4 fully saturated rings. The molecule has 0 saturated carbocycles. The number of aryl methyl sites for hydroxylation is 1. The van der Waals surface area contributed by atoms with Gasteiger partial charge in [0.2, 0.25) is 5.43 Å². The van der Waals surface area contributed by atoms with Gasteiger partial charge in [0.1, 0.15) is 23.4 Å². The summed E-state index contributed by atoms with van der Waals surface area (Å²) in [6.45, 7) is 21.8. The Hall–Kier alpha value is -3.94. The fraction of sp³-hybridized carbons (Fsp3) is 0.768. The summed E-state index contributed by atoms with van der Waals surface area (Å²) in [7, 11) is 7.17. The third-order valence-electron chi connectivity index (χ3n) is 16.6. The van der Waals surface area contributed by atoms with Crippen LogP contribution in [-0.2, 0) is 58.8 Å². The number of ether oxygens (including phenoxy) is 9. The molecule has 78 heavy (non-hydrogen) atoms. The second-order valence-corrected chi connectivity index (χ2v) is 24.2. The minimum atomic E-state index is -1.63. The molecule has 0 bridgehead atoms. The molecule has 18 atom stereocenters. The predicted octanol–water partition coefficient (Wildman–Crippen LogP) is 5.44. The van der Waals surface area contributed by atoms with Crippen molar-refractivity contribution in [3.05, 3.63) is 40.2 Å². The van der Waals surface area contributed by atoms with Gasteiger partial charge in [-0.3, -0.25) is 19.3 Å². The van der Waals surface area contributed by atoms with Crippen LogP contribution in [-0.4, -0.2) is 198 Å². The number of cyclic esters (lactones) is 1. The van der Waals surface area contributed by atoms with Gasteiger partial charge in [0.15, 0.2) is 30.4 Å². The summed E-state index contributed by atoms with van der Waals surface area (Å²) in [6.07, 6.45) is -7.66. The van der Waals surface area contributed by atoms with Crippen molar-refractivity contribution < 1.29 is 77.1 Å². The van der Waals surface area contributed by atoms with Gasteiger partial charge in [-0.05, 0) is 120 Å². The van der Waals surface area contributed by atoms with Crippen LogP contribution in [0.15, 0.2) is 34.1 Å². The van der Waals surface area contributed by atoms with Gasteiger partial charge in [0.05, 0.1) is 47.9 Å². The molecule has 4 saturated heterocycles. The van der Waals surface area contributed by atoms with Crippen LogP contribution in [0.3, 0.4) is 0 Å². The van der Waals surface area contributed by atoms with Crippen LogP contribution in [0.1, 0.15) is 119 Å². The Morgan fingerprint density at radius 1 is 0.962 bits per heavy atom. The van der Waals surface area contributed by atoms with Gasteiger partial charge in [0, 0.05) is 79.9 Å². The predicted molar refractivity (Wildman–Crippen MR) is 290 cm³/mol. The maximum absolute atomic E-state index is 14.8. The minimum absolute atomic E-state index is 0.0315. The number of carbonyl (C=O) groups is 4. The van der Waals surface area contributed by atoms with Crippen LogP contribution in [0.25, 0.3) is 10.9 Å². The summed E-state index contributed by atoms with van der Waals surface area (Å²) in [6, 6.07) is 4.71. The highest BCUT2D eigenvalue weighted by molar-refractivity contribution is 7.99. The lowest BCUT2D eigenvalue weighted by Gasteiger charge is -2.49. The van der Waals surface area contributed by atoms with Gasteiger partial charge in [-0.15, -0.1) is 11.8 Å². The number of benzene rings is 1. The second-order valence-electron chi connectivity index (χ2n) is 23.0. The van der Waals surface area contributed by atoms with Gasteiger partial charge in [0.25, 0.3) is 0 Å². The van der Waals surface area contributed by atoms with E-state index >= 15 is 0 Å². The molecule has 2 aromatic rings. The number of esters is 2. The van der Waals surface area contributed by atoms with Crippen molar-refractivity contribution in [1.82, 2.24) is 19.7 Å². The van der Waals surface area contributed by atoms with Crippen molar-refractivity contribution in [2.24, 2.45) is 17.8 Å². The third-order valence-corrected chi connectivity index (χ3v) is 17.6. The van der Waals surface area contributed by atoms with E-state index < -0.39 is 119 Å². The molecule has 5 heterocycles. The Balaban J connectivity index is 1.20. The molecule has 4 N–H and O–H groups in total. The summed E-state index contributed by atoms with van der Waals surface area (Å²) in [5.41, 5.74) is -4.30. The Labute approximate surface area is 463 Å². The molecule has 1 aromatic carbocycles. The number of aliphatic hydroxyl groups excluding tert-OH is 1. The largest absolute Gasteiger partial charge is 0.509 e. The number of methoxy groups -OCH3 is 1. The van der Waals surface area contributed by atoms with E-state index in [1.165, 1.54) is 25.1 Å². The Kier molecular flexibility index (Phi) is 21.3. The number of aromatic nitrogens is 1. The maximum atomic E-state index is 14.8. The van der Waals surface area contributed by atoms with Crippen molar-refractivity contribution in [2.75, 3.05) is 53.6 Å². The monoisotopic (exact) mass is 1120 g/mol. The highest BCUT2D eigenvalue weighted by Crippen LogP contribution is 2.42. The number of carbonyl (C=O) groups excluding carboxylic acids is 3. The van der Waals surface area contributed by atoms with E-state index in [2.05, 4.69) is 5.32 Å². The molecule has 440 valence electrons. The molecule has 0 amide bonds. The van der Waals surface area contributed by atoms with E-state index in [1.807, 2.05) is 84.6 Å². The lowest BCUT2D eigenvalue weighted by atomic mass is 9.77. The zero-order valence-electron chi connectivity index (χ0n) is 48.3. The quantitative estimate of drug-likeness (QED) is 0.0666. The standard InChI is InChI=1S/C56H88N4O17S/c1-16-41-56(11)48(76-53(67)77-56)34(7)59(14)28-30(3)26-54(9,68)47(75-52-45(63)40(58(12)13)24-31(4)70-52)32(5)46(33(6)51(66)72-41)74-43-27-55(10,69-15)49(35(8)71-43)73-42(61)20-21-57-22-23-78-36-18-19-39-37(25-36)44(62)38(50(64)65)29-60(39)17-2/h18-19,25,29-35,40-41,43,45-49,52,57,63,68H,16-17,20-24,26-28H2,1-15H3,(H,64,65)/t30-,31+,32+,33+,34+,35-,40-,41-,43-,45+,46-,47+,48+,49-,52-,54+,55+,56-/m0/s1. The van der Waals surface area contributed by atoms with Gasteiger partial charge in [-0.1, -0.05) is 20.8 Å². The highest BCUT2D eigenvalue weighted by atomic mass is 32.2. The average Bonchev–Trinajstić information content (AvgIpc) is 3.73. The van der Waals surface area contributed by atoms with Crippen LogP contribution >= 0.6 is 11.8 Å². The Morgan fingerprint density at radius 3 is 2.31 bits per heavy atom. The number of rotatable bonds is 17. The number of aromatic carboxylic acids is 1. The molecular formula is C56H88N4O17S. The summed E-state index contributed by atoms with van der Waals surface area (Å²) in [5.74, 6) is -3.91. The van der Waals surface area contributed by atoms with Crippen molar-refractivity contribution >= 4 is 46.7 Å². The molecular weight excluding hydrogens is 1030 g/mol. The normalized spacial score (nSPS) is 37.4. The number of hydrogen-bond donors (Lipinski definition) is 4. The summed E-state index contributed by atoms with van der Waals surface area (Å²) in [5, 5.41) is 37.8. The molecule has 6 rings (SSSR count). The first-order valence-corrected chi connectivity index (χ1v) is 28.6. The molecule has 0 spiro atoms. The number of carboxylic acids is 1. The number of likely N-dealkylation sites (N-methyl/N-ethyl adjacent to an activating group) is 2. The van der Waals surface area contributed by atoms with Crippen LogP contribution in [0, 0.1) is 17.8 Å². The van der Waals surface area contributed by atoms with Crippen molar-refractivity contribution in [3.8, 4) is 0 Å². The number of aliphatic hydroxyl groups is 2. The van der Waals surface area contributed by atoms with Crippen LogP contribution < -0.4 is 10.7 Å². The fourth-order valence-corrected chi connectivity index (χ4v) is 13.0. The number of fused-ring (bicyclic) bond motifs is 2. The highest BCUT2D eigenvalue weighted by Gasteiger charge is 2.58. The first-order valence-electron chi connectivity index (χ1n) is 27.6. The van der Waals surface area contributed by atoms with Gasteiger partial charge in [-0.25, -0.2) is 9.59 Å². The van der Waals surface area contributed by atoms with Gasteiger partial charge < -0.3 is 72.7 Å². The lowest BCUT2D eigenvalue weighted by molar-refractivity contribution is -0.318. The second kappa shape index (κ2) is 26.3. The number of carboxylic acid groups (broad SMARTS) is 1. The van der Waals surface area contributed by atoms with Crippen LogP contribution in [0.5, 0.6) is 0 Å². The topological polar surface area (TPSA) is 253 Å². The van der Waals surface area contributed by atoms with Crippen molar-refractivity contribution in [3.63, 3.8) is 0 Å². The average molecular weight is 1120 g/mol. The van der Waals surface area contributed by atoms with E-state index in [0.717, 1.165) is 4.90 Å². The van der Waals surface area contributed by atoms with E-state index in [0.29, 0.717) is 49.3 Å². The summed E-state index contributed by atoms with van der Waals surface area (Å²) < 4.78 is 58.7. The molecule has 0 radical (unpaired) electrons. The molecule has 22 heteroatoms. The number of thioether (sulfide) groups is 1. The summed E-state index contributed by atoms with van der Waals surface area (Å²) in [4.78, 5) is 70.7. The van der Waals surface area contributed by atoms with Crippen LogP contribution in [0.4, 0.5) is 4.79 Å². The molecule has 4 aliphatic heterocycles. The lowest BCUT2D eigenvalue weighted by Crippen LogP contribution is -2.61. The van der Waals surface area contributed by atoms with Gasteiger partial charge >= 0.3 is 24.1 Å². The first-order chi connectivity index (χ1) is 36.6. The Morgan fingerprint density at radius 2 is 1.67 bits per heavy atom. The minimum Gasteiger partial charge on any atom is -0.477 e. The first kappa shape index (κ1) is 63.2. The Bertz CT molecular complexity index is 2460. The number of hydrogen-bond acceptors (Lipinski definition) is 20. The smallest absolute Gasteiger partial charge is 0.477 e. The van der Waals surface area contributed by atoms with Gasteiger partial charge in [-0.2, -0.15) is 0 Å². The zero-order chi connectivity index (χ0) is 57.8. The molecule has 0 unspecified atom stereocenters. The van der Waals surface area contributed by atoms with Crippen molar-refractivity contribution in [2.45, 2.75) is 210 Å². The third kappa shape index (κ3) is 14.2. The fourth-order valence-electron chi connectivity index (χ4n) is 12.2. The number of pyridine rings is 1. The van der Waals surface area contributed by atoms with E-state index in [-0.39, 0.29) is 49.3 Å². The van der Waals surface area contributed by atoms with Crippen LogP contribution in [0.2, 0.25) is 0 Å². The van der Waals surface area contributed by atoms with Crippen molar-refractivity contribution in [1.29, 1.82) is 0 Å². The molecule has 1 aromatic heterocycles.